The second-order valence-electron chi connectivity index (χ2n) is 7.41. The van der Waals surface area contributed by atoms with Crippen LogP contribution in [0.3, 0.4) is 0 Å². The van der Waals surface area contributed by atoms with Gasteiger partial charge in [0, 0.05) is 24.9 Å². The van der Waals surface area contributed by atoms with E-state index in [1.807, 2.05) is 6.20 Å². The molecule has 1 atom stereocenters. The molecule has 140 valence electrons. The number of hydrogen-bond acceptors (Lipinski definition) is 3. The van der Waals surface area contributed by atoms with Gasteiger partial charge in [-0.15, -0.1) is 0 Å². The van der Waals surface area contributed by atoms with Crippen LogP contribution >= 0.6 is 0 Å². The highest BCUT2D eigenvalue weighted by molar-refractivity contribution is 5.74. The summed E-state index contributed by atoms with van der Waals surface area (Å²) in [6.45, 7) is 1.53. The Hall–Kier alpha value is -1.56. The summed E-state index contributed by atoms with van der Waals surface area (Å²) in [5, 5.41) is 13.1. The predicted octanol–water partition coefficient (Wildman–Crippen LogP) is 3.09. The molecule has 2 aliphatic rings. The summed E-state index contributed by atoms with van der Waals surface area (Å²) in [6, 6.07) is 0.158. The van der Waals surface area contributed by atoms with Gasteiger partial charge in [0.05, 0.1) is 12.3 Å². The van der Waals surface area contributed by atoms with Crippen LogP contribution in [0.1, 0.15) is 69.0 Å². The summed E-state index contributed by atoms with van der Waals surface area (Å²) in [5.41, 5.74) is 2.44. The molecule has 1 aromatic rings. The van der Waals surface area contributed by atoms with Crippen molar-refractivity contribution in [2.75, 3.05) is 13.2 Å². The number of fused-ring (bicyclic) bond motifs is 1. The van der Waals surface area contributed by atoms with Crippen LogP contribution in [0.4, 0.5) is 4.79 Å². The maximum absolute atomic E-state index is 12.0. The molecule has 2 aliphatic carbocycles. The summed E-state index contributed by atoms with van der Waals surface area (Å²) in [7, 11) is 0. The van der Waals surface area contributed by atoms with Crippen LogP contribution in [0.2, 0.25) is 0 Å². The number of carbonyl (C=O) groups excluding carboxylic acids is 1. The van der Waals surface area contributed by atoms with E-state index in [0.717, 1.165) is 38.7 Å². The summed E-state index contributed by atoms with van der Waals surface area (Å²) >= 11 is 0. The molecule has 2 amide bonds. The standard InChI is InChI=1S/C19H32N4O2/c24-19(22-16-9-10-18-15(13-16)14-21-23-18)20-11-5-6-12-25-17-7-3-1-2-4-8-17/h14,16-17H,1-13H2,(H,21,23)(H2,20,22,24)/t16-/m0/s1. The number of aromatic amines is 1. The van der Waals surface area contributed by atoms with Gasteiger partial charge in [-0.3, -0.25) is 5.10 Å². The molecule has 0 aliphatic heterocycles. The maximum atomic E-state index is 12.0. The number of unbranched alkanes of at least 4 members (excludes halogenated alkanes) is 1. The molecule has 6 heteroatoms. The largest absolute Gasteiger partial charge is 0.378 e. The molecule has 25 heavy (non-hydrogen) atoms. The van der Waals surface area contributed by atoms with Gasteiger partial charge >= 0.3 is 6.03 Å². The lowest BCUT2D eigenvalue weighted by molar-refractivity contribution is 0.0411. The van der Waals surface area contributed by atoms with Crippen molar-refractivity contribution in [3.05, 3.63) is 17.5 Å². The monoisotopic (exact) mass is 348 g/mol. The van der Waals surface area contributed by atoms with Crippen molar-refractivity contribution in [1.82, 2.24) is 20.8 Å². The maximum Gasteiger partial charge on any atom is 0.315 e. The van der Waals surface area contributed by atoms with Gasteiger partial charge in [-0.25, -0.2) is 4.79 Å². The van der Waals surface area contributed by atoms with Gasteiger partial charge in [-0.1, -0.05) is 25.7 Å². The quantitative estimate of drug-likeness (QED) is 0.523. The van der Waals surface area contributed by atoms with Crippen LogP contribution in [0.25, 0.3) is 0 Å². The van der Waals surface area contributed by atoms with Gasteiger partial charge in [0.25, 0.3) is 0 Å². The number of nitrogens with zero attached hydrogens (tertiary/aromatic N) is 1. The highest BCUT2D eigenvalue weighted by Gasteiger charge is 2.21. The molecule has 1 aromatic heterocycles. The third-order valence-electron chi connectivity index (χ3n) is 5.36. The minimum Gasteiger partial charge on any atom is -0.378 e. The molecule has 3 rings (SSSR count). The molecule has 0 saturated heterocycles. The Bertz CT molecular complexity index is 523. The number of ether oxygens (including phenoxy) is 1. The highest BCUT2D eigenvalue weighted by Crippen LogP contribution is 2.20. The summed E-state index contributed by atoms with van der Waals surface area (Å²) in [5.74, 6) is 0. The fourth-order valence-corrected chi connectivity index (χ4v) is 3.86. The van der Waals surface area contributed by atoms with Gasteiger partial charge < -0.3 is 15.4 Å². The zero-order valence-corrected chi connectivity index (χ0v) is 15.2. The van der Waals surface area contributed by atoms with Crippen molar-refractivity contribution in [1.29, 1.82) is 0 Å². The molecular weight excluding hydrogens is 316 g/mol. The van der Waals surface area contributed by atoms with Crippen molar-refractivity contribution in [2.24, 2.45) is 0 Å². The first kappa shape index (κ1) is 18.2. The number of aromatic nitrogens is 2. The number of aryl methyl sites for hydroxylation is 1. The summed E-state index contributed by atoms with van der Waals surface area (Å²) in [6.07, 6.45) is 14.9. The normalized spacial score (nSPS) is 21.4. The van der Waals surface area contributed by atoms with Gasteiger partial charge in [0.2, 0.25) is 0 Å². The van der Waals surface area contributed by atoms with Crippen LogP contribution in [0.15, 0.2) is 6.20 Å². The lowest BCUT2D eigenvalue weighted by Gasteiger charge is -2.23. The van der Waals surface area contributed by atoms with Gasteiger partial charge in [-0.05, 0) is 50.5 Å². The lowest BCUT2D eigenvalue weighted by atomic mass is 9.94. The van der Waals surface area contributed by atoms with Crippen molar-refractivity contribution >= 4 is 6.03 Å². The van der Waals surface area contributed by atoms with E-state index >= 15 is 0 Å². The average Bonchev–Trinajstić information content (AvgIpc) is 2.92. The molecule has 0 bridgehead atoms. The summed E-state index contributed by atoms with van der Waals surface area (Å²) < 4.78 is 5.98. The topological polar surface area (TPSA) is 79.0 Å². The molecule has 6 nitrogen and oxygen atoms in total. The second kappa shape index (κ2) is 9.80. The third kappa shape index (κ3) is 6.03. The SMILES string of the molecule is O=C(NCCCCOC1CCCCCC1)N[C@H]1CCc2[nH]ncc2C1. The molecule has 1 saturated carbocycles. The van der Waals surface area contributed by atoms with E-state index in [9.17, 15) is 4.79 Å². The van der Waals surface area contributed by atoms with E-state index in [1.165, 1.54) is 49.8 Å². The minimum absolute atomic E-state index is 0.0540. The number of urea groups is 1. The molecule has 3 N–H and O–H groups in total. The van der Waals surface area contributed by atoms with E-state index in [4.69, 9.17) is 4.74 Å². The molecule has 0 aromatic carbocycles. The van der Waals surface area contributed by atoms with Crippen molar-refractivity contribution in [2.45, 2.75) is 82.8 Å². The Labute approximate surface area is 150 Å². The first-order chi connectivity index (χ1) is 12.3. The molecular formula is C19H32N4O2. The Morgan fingerprint density at radius 2 is 2.04 bits per heavy atom. The van der Waals surface area contributed by atoms with Crippen molar-refractivity contribution < 1.29 is 9.53 Å². The third-order valence-corrected chi connectivity index (χ3v) is 5.36. The lowest BCUT2D eigenvalue weighted by Crippen LogP contribution is -2.44. The zero-order chi connectivity index (χ0) is 17.3. The molecule has 1 heterocycles. The van der Waals surface area contributed by atoms with Crippen LogP contribution in [-0.4, -0.2) is 41.5 Å². The van der Waals surface area contributed by atoms with Crippen LogP contribution in [-0.2, 0) is 17.6 Å². The van der Waals surface area contributed by atoms with Gasteiger partial charge in [0.15, 0.2) is 0 Å². The molecule has 1 fully saturated rings. The summed E-state index contributed by atoms with van der Waals surface area (Å²) in [4.78, 5) is 12.0. The van der Waals surface area contributed by atoms with E-state index in [1.54, 1.807) is 0 Å². The van der Waals surface area contributed by atoms with E-state index in [-0.39, 0.29) is 12.1 Å². The number of amides is 2. The number of nitrogens with one attached hydrogen (secondary N) is 3. The van der Waals surface area contributed by atoms with Gasteiger partial charge in [-0.2, -0.15) is 5.10 Å². The number of carbonyl (C=O) groups is 1. The van der Waals surface area contributed by atoms with Crippen molar-refractivity contribution in [3.63, 3.8) is 0 Å². The van der Waals surface area contributed by atoms with E-state index in [2.05, 4.69) is 20.8 Å². The Morgan fingerprint density at radius 3 is 2.88 bits per heavy atom. The first-order valence-corrected chi connectivity index (χ1v) is 9.98. The number of H-pyrrole nitrogens is 1. The molecule has 0 unspecified atom stereocenters. The minimum atomic E-state index is -0.0540. The van der Waals surface area contributed by atoms with E-state index in [0.29, 0.717) is 12.6 Å². The van der Waals surface area contributed by atoms with Crippen LogP contribution < -0.4 is 10.6 Å². The Kier molecular flexibility index (Phi) is 7.15. The molecule has 0 radical (unpaired) electrons. The molecule has 0 spiro atoms. The average molecular weight is 348 g/mol. The fourth-order valence-electron chi connectivity index (χ4n) is 3.86. The van der Waals surface area contributed by atoms with Crippen molar-refractivity contribution in [3.8, 4) is 0 Å². The Balaban J connectivity index is 1.21. The number of hydrogen-bond donors (Lipinski definition) is 3. The number of rotatable bonds is 7. The smallest absolute Gasteiger partial charge is 0.315 e. The zero-order valence-electron chi connectivity index (χ0n) is 15.2. The van der Waals surface area contributed by atoms with Gasteiger partial charge in [0.1, 0.15) is 0 Å². The first-order valence-electron chi connectivity index (χ1n) is 9.98. The Morgan fingerprint density at radius 1 is 1.20 bits per heavy atom. The van der Waals surface area contributed by atoms with Crippen LogP contribution in [0.5, 0.6) is 0 Å². The van der Waals surface area contributed by atoms with Crippen LogP contribution in [0, 0.1) is 0 Å². The predicted molar refractivity (Wildman–Crippen MR) is 97.6 cm³/mol. The highest BCUT2D eigenvalue weighted by atomic mass is 16.5. The second-order valence-corrected chi connectivity index (χ2v) is 7.41. The van der Waals surface area contributed by atoms with E-state index < -0.39 is 0 Å². The fraction of sp³-hybridized carbons (Fsp3) is 0.789.